The third-order valence-electron chi connectivity index (χ3n) is 1.85. The highest BCUT2D eigenvalue weighted by Gasteiger charge is 2.38. The summed E-state index contributed by atoms with van der Waals surface area (Å²) in [5.41, 5.74) is 4.53. The molecule has 0 saturated carbocycles. The minimum absolute atomic E-state index is 0.481. The van der Waals surface area contributed by atoms with Crippen LogP contribution in [-0.4, -0.2) is 34.5 Å². The lowest BCUT2D eigenvalue weighted by atomic mass is 10.6. The van der Waals surface area contributed by atoms with E-state index in [2.05, 4.69) is 19.2 Å². The first-order valence-electron chi connectivity index (χ1n) is 6.35. The molecule has 0 unspecified atom stereocenters. The Kier molecular flexibility index (Phi) is 13.9. The van der Waals surface area contributed by atoms with E-state index in [4.69, 9.17) is 13.3 Å². The lowest BCUT2D eigenvalue weighted by Gasteiger charge is -2.27. The molecular formula is C12H27NO4Si. The number of amides is 1. The van der Waals surface area contributed by atoms with E-state index in [0.717, 1.165) is 18.5 Å². The molecular weight excluding hydrogens is 250 g/mol. The molecule has 0 bridgehead atoms. The summed E-state index contributed by atoms with van der Waals surface area (Å²) in [4.78, 5) is 9.47. The maximum absolute atomic E-state index is 9.47. The highest BCUT2D eigenvalue weighted by atomic mass is 28.4. The smallest absolute Gasteiger partial charge is 0.374 e. The summed E-state index contributed by atoms with van der Waals surface area (Å²) in [5.74, 6) is -0.481. The SMILES string of the molecule is C=CC(N)=O.CCC[Si](OCC)(OCC)OCC. The van der Waals surface area contributed by atoms with E-state index in [0.29, 0.717) is 19.8 Å². The molecule has 0 aliphatic heterocycles. The molecule has 0 aliphatic rings. The van der Waals surface area contributed by atoms with Crippen LogP contribution in [0.5, 0.6) is 0 Å². The Morgan fingerprint density at radius 2 is 1.44 bits per heavy atom. The zero-order chi connectivity index (χ0) is 14.4. The molecule has 18 heavy (non-hydrogen) atoms. The summed E-state index contributed by atoms with van der Waals surface area (Å²) in [6.45, 7) is 13.2. The van der Waals surface area contributed by atoms with E-state index in [-0.39, 0.29) is 0 Å². The van der Waals surface area contributed by atoms with E-state index >= 15 is 0 Å². The van der Waals surface area contributed by atoms with Crippen molar-refractivity contribution in [3.63, 3.8) is 0 Å². The number of rotatable bonds is 9. The molecule has 108 valence electrons. The van der Waals surface area contributed by atoms with Crippen LogP contribution in [0, 0.1) is 0 Å². The fraction of sp³-hybridized carbons (Fsp3) is 0.750. The van der Waals surface area contributed by atoms with Crippen molar-refractivity contribution in [2.24, 2.45) is 5.73 Å². The van der Waals surface area contributed by atoms with Crippen LogP contribution in [0.25, 0.3) is 0 Å². The monoisotopic (exact) mass is 277 g/mol. The molecule has 5 nitrogen and oxygen atoms in total. The summed E-state index contributed by atoms with van der Waals surface area (Å²) >= 11 is 0. The second kappa shape index (κ2) is 12.8. The lowest BCUT2D eigenvalue weighted by Crippen LogP contribution is -2.45. The van der Waals surface area contributed by atoms with Crippen LogP contribution in [0.2, 0.25) is 6.04 Å². The number of nitrogens with two attached hydrogens (primary N) is 1. The summed E-state index contributed by atoms with van der Waals surface area (Å²) in [6.07, 6.45) is 2.10. The third-order valence-corrected chi connectivity index (χ3v) is 5.15. The summed E-state index contributed by atoms with van der Waals surface area (Å²) in [6, 6.07) is 0.919. The zero-order valence-corrected chi connectivity index (χ0v) is 13.0. The van der Waals surface area contributed by atoms with Crippen molar-refractivity contribution in [2.75, 3.05) is 19.8 Å². The van der Waals surface area contributed by atoms with Crippen molar-refractivity contribution in [2.45, 2.75) is 40.2 Å². The van der Waals surface area contributed by atoms with E-state index in [1.54, 1.807) is 0 Å². The van der Waals surface area contributed by atoms with E-state index in [1.165, 1.54) is 0 Å². The van der Waals surface area contributed by atoms with Crippen molar-refractivity contribution in [3.05, 3.63) is 12.7 Å². The van der Waals surface area contributed by atoms with Gasteiger partial charge in [0.05, 0.1) is 0 Å². The second-order valence-electron chi connectivity index (χ2n) is 3.34. The summed E-state index contributed by atoms with van der Waals surface area (Å²) < 4.78 is 16.9. The van der Waals surface area contributed by atoms with E-state index < -0.39 is 14.7 Å². The molecule has 0 fully saturated rings. The fourth-order valence-electron chi connectivity index (χ4n) is 1.31. The van der Waals surface area contributed by atoms with Gasteiger partial charge < -0.3 is 19.0 Å². The first-order chi connectivity index (χ1) is 8.51. The molecule has 1 amide bonds. The fourth-order valence-corrected chi connectivity index (χ4v) is 3.92. The minimum Gasteiger partial charge on any atom is -0.374 e. The van der Waals surface area contributed by atoms with Gasteiger partial charge in [-0.1, -0.05) is 19.9 Å². The molecule has 0 aromatic heterocycles. The van der Waals surface area contributed by atoms with Crippen molar-refractivity contribution in [1.29, 1.82) is 0 Å². The Bertz CT molecular complexity index is 195. The minimum atomic E-state index is -2.30. The van der Waals surface area contributed by atoms with Gasteiger partial charge in [-0.25, -0.2) is 0 Å². The summed E-state index contributed by atoms with van der Waals surface area (Å²) in [7, 11) is -2.30. The Hall–Kier alpha value is -0.693. The third kappa shape index (κ3) is 10.5. The average molecular weight is 277 g/mol. The molecule has 0 radical (unpaired) electrons. The Morgan fingerprint density at radius 1 is 1.11 bits per heavy atom. The van der Waals surface area contributed by atoms with Crippen LogP contribution < -0.4 is 5.73 Å². The van der Waals surface area contributed by atoms with Crippen molar-refractivity contribution in [1.82, 2.24) is 0 Å². The highest BCUT2D eigenvalue weighted by Crippen LogP contribution is 2.17. The number of primary amides is 1. The van der Waals surface area contributed by atoms with E-state index in [9.17, 15) is 4.79 Å². The van der Waals surface area contributed by atoms with Crippen LogP contribution >= 0.6 is 0 Å². The van der Waals surface area contributed by atoms with Gasteiger partial charge >= 0.3 is 8.80 Å². The number of hydrogen-bond donors (Lipinski definition) is 1. The molecule has 2 N–H and O–H groups in total. The predicted molar refractivity (Wildman–Crippen MR) is 75.1 cm³/mol. The largest absolute Gasteiger partial charge is 0.500 e. The zero-order valence-electron chi connectivity index (χ0n) is 12.0. The van der Waals surface area contributed by atoms with Gasteiger partial charge in [-0.3, -0.25) is 4.79 Å². The van der Waals surface area contributed by atoms with Crippen molar-refractivity contribution in [3.8, 4) is 0 Å². The lowest BCUT2D eigenvalue weighted by molar-refractivity contribution is -0.113. The Morgan fingerprint density at radius 3 is 1.61 bits per heavy atom. The van der Waals surface area contributed by atoms with Crippen LogP contribution in [0.4, 0.5) is 0 Å². The molecule has 0 aromatic rings. The Labute approximate surface area is 112 Å². The van der Waals surface area contributed by atoms with Crippen LogP contribution in [0.1, 0.15) is 34.1 Å². The van der Waals surface area contributed by atoms with Crippen LogP contribution in [-0.2, 0) is 18.1 Å². The molecule has 0 saturated heterocycles. The predicted octanol–water partition coefficient (Wildman–Crippen LogP) is 2.10. The second-order valence-corrected chi connectivity index (χ2v) is 6.07. The van der Waals surface area contributed by atoms with Crippen molar-refractivity contribution < 1.29 is 18.1 Å². The maximum atomic E-state index is 9.47. The molecule has 0 aromatic carbocycles. The van der Waals surface area contributed by atoms with E-state index in [1.807, 2.05) is 20.8 Å². The Balaban J connectivity index is 0. The van der Waals surface area contributed by atoms with Gasteiger partial charge in [-0.2, -0.15) is 0 Å². The van der Waals surface area contributed by atoms with Crippen LogP contribution in [0.3, 0.4) is 0 Å². The topological polar surface area (TPSA) is 70.8 Å². The highest BCUT2D eigenvalue weighted by molar-refractivity contribution is 6.60. The van der Waals surface area contributed by atoms with Gasteiger partial charge in [-0.05, 0) is 26.8 Å². The molecule has 6 heteroatoms. The molecule has 0 heterocycles. The van der Waals surface area contributed by atoms with Gasteiger partial charge in [0.2, 0.25) is 5.91 Å². The van der Waals surface area contributed by atoms with Gasteiger partial charge in [0.25, 0.3) is 0 Å². The first-order valence-corrected chi connectivity index (χ1v) is 8.28. The maximum Gasteiger partial charge on any atom is 0.500 e. The van der Waals surface area contributed by atoms with Gasteiger partial charge in [0.1, 0.15) is 0 Å². The van der Waals surface area contributed by atoms with Gasteiger partial charge in [-0.15, -0.1) is 0 Å². The number of carbonyl (C=O) groups excluding carboxylic acids is 1. The molecule has 0 rings (SSSR count). The average Bonchev–Trinajstić information content (AvgIpc) is 2.31. The number of carbonyl (C=O) groups is 1. The molecule has 0 aliphatic carbocycles. The van der Waals surface area contributed by atoms with Gasteiger partial charge in [0.15, 0.2) is 0 Å². The number of hydrogen-bond acceptors (Lipinski definition) is 4. The van der Waals surface area contributed by atoms with Crippen molar-refractivity contribution >= 4 is 14.7 Å². The van der Waals surface area contributed by atoms with Crippen LogP contribution in [0.15, 0.2) is 12.7 Å². The standard InChI is InChI=1S/C9H22O3Si.C3H5NO/c1-5-9-13(10-6-2,11-7-3)12-8-4;1-2-3(4)5/h5-9H2,1-4H3;2H,1H2,(H2,4,5). The summed E-state index contributed by atoms with van der Waals surface area (Å²) in [5, 5.41) is 0. The quantitative estimate of drug-likeness (QED) is 0.517. The molecule has 0 atom stereocenters. The normalized spacial score (nSPS) is 10.4. The van der Waals surface area contributed by atoms with Gasteiger partial charge in [0, 0.05) is 25.9 Å². The first kappa shape index (κ1) is 19.6. The molecule has 0 spiro atoms.